The van der Waals surface area contributed by atoms with E-state index in [0.29, 0.717) is 33.6 Å². The number of fused-ring (bicyclic) bond motifs is 2. The molecule has 0 aliphatic heterocycles. The molecule has 0 atom stereocenters. The molecule has 4 rings (SSSR count). The van der Waals surface area contributed by atoms with Crippen molar-refractivity contribution in [2.24, 2.45) is 12.8 Å². The average Bonchev–Trinajstić information content (AvgIpc) is 3.21. The number of H-pyrrole nitrogens is 1. The minimum absolute atomic E-state index is 0.302. The van der Waals surface area contributed by atoms with E-state index in [1.165, 1.54) is 12.1 Å². The van der Waals surface area contributed by atoms with Gasteiger partial charge in [0.2, 0.25) is 0 Å². The van der Waals surface area contributed by atoms with Crippen LogP contribution in [0.25, 0.3) is 33.5 Å². The number of aromatic nitrogens is 5. The van der Waals surface area contributed by atoms with Crippen LogP contribution in [0, 0.1) is 5.82 Å². The van der Waals surface area contributed by atoms with Gasteiger partial charge < -0.3 is 16.0 Å². The van der Waals surface area contributed by atoms with Crippen molar-refractivity contribution in [3.63, 3.8) is 0 Å². The van der Waals surface area contributed by atoms with E-state index < -0.39 is 11.1 Å². The van der Waals surface area contributed by atoms with Gasteiger partial charge in [-0.2, -0.15) is 5.10 Å². The molecule has 3 aromatic heterocycles. The number of rotatable bonds is 4. The molecule has 0 saturated carbocycles. The lowest BCUT2D eigenvalue weighted by atomic mass is 9.83. The maximum Gasteiger partial charge on any atom is 0.255 e. The fourth-order valence-corrected chi connectivity index (χ4v) is 3.11. The molecule has 0 spiro atoms. The van der Waals surface area contributed by atoms with Gasteiger partial charge in [-0.3, -0.25) is 9.48 Å². The smallest absolute Gasteiger partial charge is 0.255 e. The standard InChI is InChI=1S/C21H24FN7O/c1-20(2,23)21(3,4)27-19(30)13-9-24-18-17(13)26-14(10-25-18)16-12-7-6-11(22)8-15(12)29(5)28-16/h6-10H,23H2,1-5H3,(H,24,25)(H,27,30). The van der Waals surface area contributed by atoms with E-state index in [4.69, 9.17) is 5.73 Å². The Labute approximate surface area is 172 Å². The second-order valence-electron chi connectivity index (χ2n) is 8.59. The molecule has 4 aromatic rings. The van der Waals surface area contributed by atoms with Crippen molar-refractivity contribution in [3.05, 3.63) is 42.0 Å². The number of benzene rings is 1. The number of carbonyl (C=O) groups excluding carboxylic acids is 1. The normalized spacial score (nSPS) is 12.6. The fraction of sp³-hybridized carbons (Fsp3) is 0.333. The lowest BCUT2D eigenvalue weighted by Gasteiger charge is -2.39. The van der Waals surface area contributed by atoms with Gasteiger partial charge in [-0.1, -0.05) is 0 Å². The number of amides is 1. The van der Waals surface area contributed by atoms with Crippen molar-refractivity contribution >= 4 is 28.0 Å². The van der Waals surface area contributed by atoms with Gasteiger partial charge in [0.15, 0.2) is 5.65 Å². The summed E-state index contributed by atoms with van der Waals surface area (Å²) in [4.78, 5) is 25.0. The predicted molar refractivity (Wildman–Crippen MR) is 113 cm³/mol. The van der Waals surface area contributed by atoms with E-state index in [2.05, 4.69) is 25.4 Å². The first kappa shape index (κ1) is 20.0. The maximum absolute atomic E-state index is 13.6. The Morgan fingerprint density at radius 2 is 2.00 bits per heavy atom. The van der Waals surface area contributed by atoms with Crippen LogP contribution in [-0.2, 0) is 7.05 Å². The SMILES string of the molecule is Cn1nc(-c2cnc3[nH]cc(C(=O)NC(C)(C)C(C)(C)N)c3n2)c2ccc(F)cc21. The van der Waals surface area contributed by atoms with E-state index in [0.717, 1.165) is 5.39 Å². The van der Waals surface area contributed by atoms with Crippen LogP contribution in [0.5, 0.6) is 0 Å². The van der Waals surface area contributed by atoms with Crippen LogP contribution in [-0.4, -0.2) is 41.7 Å². The third-order valence-electron chi connectivity index (χ3n) is 5.72. The lowest BCUT2D eigenvalue weighted by Crippen LogP contribution is -2.62. The molecule has 0 aliphatic carbocycles. The van der Waals surface area contributed by atoms with Crippen LogP contribution in [0.1, 0.15) is 38.1 Å². The summed E-state index contributed by atoms with van der Waals surface area (Å²) in [6, 6.07) is 4.46. The topological polar surface area (TPSA) is 115 Å². The maximum atomic E-state index is 13.6. The molecule has 0 aliphatic rings. The summed E-state index contributed by atoms with van der Waals surface area (Å²) in [6.07, 6.45) is 3.16. The quantitative estimate of drug-likeness (QED) is 0.479. The predicted octanol–water partition coefficient (Wildman–Crippen LogP) is 2.90. The largest absolute Gasteiger partial charge is 0.345 e. The molecule has 9 heteroatoms. The Kier molecular flexibility index (Phi) is 4.39. The number of nitrogens with two attached hydrogens (primary N) is 1. The summed E-state index contributed by atoms with van der Waals surface area (Å²) in [5.74, 6) is -0.641. The van der Waals surface area contributed by atoms with E-state index in [-0.39, 0.29) is 11.7 Å². The van der Waals surface area contributed by atoms with Crippen molar-refractivity contribution in [2.45, 2.75) is 38.8 Å². The Balaban J connectivity index is 1.79. The van der Waals surface area contributed by atoms with Gasteiger partial charge in [-0.15, -0.1) is 0 Å². The third kappa shape index (κ3) is 3.21. The monoisotopic (exact) mass is 409 g/mol. The van der Waals surface area contributed by atoms with Gasteiger partial charge >= 0.3 is 0 Å². The highest BCUT2D eigenvalue weighted by Crippen LogP contribution is 2.28. The zero-order chi connectivity index (χ0) is 21.8. The van der Waals surface area contributed by atoms with Crippen molar-refractivity contribution in [1.29, 1.82) is 0 Å². The Bertz CT molecular complexity index is 1280. The van der Waals surface area contributed by atoms with E-state index in [1.807, 2.05) is 27.7 Å². The summed E-state index contributed by atoms with van der Waals surface area (Å²) < 4.78 is 15.2. The summed E-state index contributed by atoms with van der Waals surface area (Å²) >= 11 is 0. The van der Waals surface area contributed by atoms with Crippen LogP contribution in [0.4, 0.5) is 4.39 Å². The van der Waals surface area contributed by atoms with Crippen LogP contribution >= 0.6 is 0 Å². The molecule has 8 nitrogen and oxygen atoms in total. The van der Waals surface area contributed by atoms with Crippen LogP contribution in [0.2, 0.25) is 0 Å². The number of hydrogen-bond donors (Lipinski definition) is 3. The minimum atomic E-state index is -0.653. The average molecular weight is 409 g/mol. The summed E-state index contributed by atoms with van der Waals surface area (Å²) in [5.41, 5.74) is 7.90. The van der Waals surface area contributed by atoms with Crippen LogP contribution in [0.3, 0.4) is 0 Å². The highest BCUT2D eigenvalue weighted by Gasteiger charge is 2.35. The molecule has 0 bridgehead atoms. The van der Waals surface area contributed by atoms with Gasteiger partial charge in [-0.25, -0.2) is 14.4 Å². The zero-order valence-electron chi connectivity index (χ0n) is 17.5. The molecule has 0 unspecified atom stereocenters. The summed E-state index contributed by atoms with van der Waals surface area (Å²) in [7, 11) is 1.74. The fourth-order valence-electron chi connectivity index (χ4n) is 3.11. The molecule has 3 heterocycles. The Morgan fingerprint density at radius 3 is 2.70 bits per heavy atom. The molecule has 0 fully saturated rings. The molecule has 4 N–H and O–H groups in total. The second kappa shape index (κ2) is 6.60. The highest BCUT2D eigenvalue weighted by molar-refractivity contribution is 6.05. The first-order valence-corrected chi connectivity index (χ1v) is 9.56. The number of halogens is 1. The first-order valence-electron chi connectivity index (χ1n) is 9.56. The first-order chi connectivity index (χ1) is 14.0. The molecule has 30 heavy (non-hydrogen) atoms. The van der Waals surface area contributed by atoms with Crippen molar-refractivity contribution in [3.8, 4) is 11.4 Å². The molecule has 1 aromatic carbocycles. The van der Waals surface area contributed by atoms with Crippen LogP contribution in [0.15, 0.2) is 30.6 Å². The molecule has 1 amide bonds. The van der Waals surface area contributed by atoms with Gasteiger partial charge in [0.1, 0.15) is 22.7 Å². The number of hydrogen-bond acceptors (Lipinski definition) is 5. The van der Waals surface area contributed by atoms with Gasteiger partial charge in [0.25, 0.3) is 5.91 Å². The Hall–Kier alpha value is -3.33. The molecular formula is C21H24FN7O. The second-order valence-corrected chi connectivity index (χ2v) is 8.59. The van der Waals surface area contributed by atoms with Crippen molar-refractivity contribution in [2.75, 3.05) is 0 Å². The van der Waals surface area contributed by atoms with Gasteiger partial charge in [-0.05, 0) is 45.9 Å². The van der Waals surface area contributed by atoms with E-state index >= 15 is 0 Å². The molecular weight excluding hydrogens is 385 g/mol. The lowest BCUT2D eigenvalue weighted by molar-refractivity contribution is 0.0877. The number of nitrogens with one attached hydrogen (secondary N) is 2. The highest BCUT2D eigenvalue weighted by atomic mass is 19.1. The van der Waals surface area contributed by atoms with Gasteiger partial charge in [0, 0.05) is 24.2 Å². The Morgan fingerprint density at radius 1 is 1.27 bits per heavy atom. The summed E-state index contributed by atoms with van der Waals surface area (Å²) in [6.45, 7) is 7.46. The minimum Gasteiger partial charge on any atom is -0.345 e. The molecule has 0 saturated heterocycles. The molecule has 0 radical (unpaired) electrons. The third-order valence-corrected chi connectivity index (χ3v) is 5.72. The number of aromatic amines is 1. The summed E-state index contributed by atoms with van der Waals surface area (Å²) in [5, 5.41) is 8.21. The zero-order valence-corrected chi connectivity index (χ0v) is 17.5. The van der Waals surface area contributed by atoms with Crippen LogP contribution < -0.4 is 11.1 Å². The molecule has 156 valence electrons. The van der Waals surface area contributed by atoms with Crippen molar-refractivity contribution < 1.29 is 9.18 Å². The van der Waals surface area contributed by atoms with E-state index in [9.17, 15) is 9.18 Å². The van der Waals surface area contributed by atoms with E-state index in [1.54, 1.807) is 30.2 Å². The van der Waals surface area contributed by atoms with Gasteiger partial charge in [0.05, 0.1) is 22.8 Å². The number of nitrogens with zero attached hydrogens (tertiary/aromatic N) is 4. The number of carbonyl (C=O) groups is 1. The number of aryl methyl sites for hydroxylation is 1. The van der Waals surface area contributed by atoms with Crippen molar-refractivity contribution in [1.82, 2.24) is 30.0 Å².